The van der Waals surface area contributed by atoms with Gasteiger partial charge in [0.1, 0.15) is 6.07 Å². The van der Waals surface area contributed by atoms with Gasteiger partial charge in [0.15, 0.2) is 5.84 Å². The average molecular weight is 359 g/mol. The number of hydrogen-bond donors (Lipinski definition) is 3. The van der Waals surface area contributed by atoms with Crippen LogP contribution in [0.2, 0.25) is 0 Å². The summed E-state index contributed by atoms with van der Waals surface area (Å²) < 4.78 is 5.20. The van der Waals surface area contributed by atoms with Gasteiger partial charge in [-0.05, 0) is 13.0 Å². The van der Waals surface area contributed by atoms with Crippen LogP contribution < -0.4 is 11.2 Å². The highest BCUT2D eigenvalue weighted by Crippen LogP contribution is 2.28. The molecule has 0 saturated carbocycles. The summed E-state index contributed by atoms with van der Waals surface area (Å²) in [5, 5.41) is 31.1. The van der Waals surface area contributed by atoms with Crippen LogP contribution in [0.5, 0.6) is 0 Å². The predicted molar refractivity (Wildman–Crippen MR) is 93.1 cm³/mol. The van der Waals surface area contributed by atoms with Crippen LogP contribution in [-0.4, -0.2) is 53.6 Å². The van der Waals surface area contributed by atoms with Gasteiger partial charge >= 0.3 is 0 Å². The minimum Gasteiger partial charge on any atom is -0.382 e. The highest BCUT2D eigenvalue weighted by molar-refractivity contribution is 6.45. The number of nitrogens with one attached hydrogen (secondary N) is 2. The maximum Gasteiger partial charge on any atom is 0.275 e. The lowest BCUT2D eigenvalue weighted by molar-refractivity contribution is -0.385. The molecule has 26 heavy (non-hydrogen) atoms. The lowest BCUT2D eigenvalue weighted by Gasteiger charge is -2.27. The number of nitriles is 1. The molecule has 1 aromatic rings. The number of anilines is 1. The first-order chi connectivity index (χ1) is 12.3. The van der Waals surface area contributed by atoms with Gasteiger partial charge in [-0.1, -0.05) is 0 Å². The number of amides is 1. The summed E-state index contributed by atoms with van der Waals surface area (Å²) in [7, 11) is 0. The van der Waals surface area contributed by atoms with Gasteiger partial charge in [-0.15, -0.1) is 0 Å². The summed E-state index contributed by atoms with van der Waals surface area (Å²) in [6.45, 7) is 3.08. The van der Waals surface area contributed by atoms with E-state index < -0.39 is 10.8 Å². The number of ether oxygens (including phenoxy) is 1. The molecule has 1 saturated heterocycles. The van der Waals surface area contributed by atoms with Crippen molar-refractivity contribution in [3.05, 3.63) is 33.4 Å². The van der Waals surface area contributed by atoms with Crippen LogP contribution in [0.25, 0.3) is 0 Å². The van der Waals surface area contributed by atoms with Crippen LogP contribution in [0.15, 0.2) is 17.2 Å². The van der Waals surface area contributed by atoms with Crippen LogP contribution in [0.4, 0.5) is 11.4 Å². The van der Waals surface area contributed by atoms with E-state index in [1.807, 2.05) is 0 Å². The topological polar surface area (TPSA) is 171 Å². The molecule has 136 valence electrons. The number of nitrogens with zero attached hydrogens (tertiary/aromatic N) is 4. The number of nitro benzene ring substituents is 1. The summed E-state index contributed by atoms with van der Waals surface area (Å²) in [4.78, 5) is 24.9. The number of rotatable bonds is 5. The molecule has 11 nitrogen and oxygen atoms in total. The maximum atomic E-state index is 12.6. The van der Waals surface area contributed by atoms with Crippen LogP contribution in [0.3, 0.4) is 0 Å². The third-order valence-electron chi connectivity index (χ3n) is 3.77. The van der Waals surface area contributed by atoms with Crippen molar-refractivity contribution in [1.82, 2.24) is 4.90 Å². The Hall–Kier alpha value is -3.52. The van der Waals surface area contributed by atoms with Crippen molar-refractivity contribution >= 4 is 28.8 Å². The van der Waals surface area contributed by atoms with Crippen molar-refractivity contribution < 1.29 is 14.5 Å². The van der Waals surface area contributed by atoms with Crippen LogP contribution in [0.1, 0.15) is 15.9 Å². The molecule has 0 atom stereocenters. The second-order valence-electron chi connectivity index (χ2n) is 5.43. The van der Waals surface area contributed by atoms with Crippen molar-refractivity contribution in [2.45, 2.75) is 6.92 Å². The summed E-state index contributed by atoms with van der Waals surface area (Å²) in [6.07, 6.45) is 0. The minimum absolute atomic E-state index is 0.114. The largest absolute Gasteiger partial charge is 0.382 e. The first kappa shape index (κ1) is 18.8. The van der Waals surface area contributed by atoms with Crippen molar-refractivity contribution in [3.8, 4) is 6.07 Å². The first-order valence-electron chi connectivity index (χ1n) is 7.59. The molecule has 0 aromatic heterocycles. The molecule has 1 aromatic carbocycles. The van der Waals surface area contributed by atoms with E-state index in [1.165, 1.54) is 19.1 Å². The maximum absolute atomic E-state index is 12.6. The lowest BCUT2D eigenvalue weighted by atomic mass is 10.1. The predicted octanol–water partition coefficient (Wildman–Crippen LogP) is 0.603. The molecule has 1 aliphatic heterocycles. The van der Waals surface area contributed by atoms with Gasteiger partial charge in [-0.25, -0.2) is 0 Å². The zero-order chi connectivity index (χ0) is 19.3. The van der Waals surface area contributed by atoms with Crippen LogP contribution in [0, 0.1) is 33.8 Å². The molecule has 0 aliphatic carbocycles. The Bertz CT molecular complexity index is 822. The molecule has 0 spiro atoms. The molecule has 1 aliphatic rings. The number of hydrogen-bond acceptors (Lipinski definition) is 8. The van der Waals surface area contributed by atoms with Crippen LogP contribution >= 0.6 is 0 Å². The second kappa shape index (κ2) is 8.04. The molecule has 0 radical (unpaired) electrons. The highest BCUT2D eigenvalue weighted by Gasteiger charge is 2.24. The zero-order valence-corrected chi connectivity index (χ0v) is 14.0. The normalized spacial score (nSPS) is 14.5. The van der Waals surface area contributed by atoms with E-state index in [2.05, 4.69) is 10.5 Å². The fourth-order valence-corrected chi connectivity index (χ4v) is 2.34. The molecular weight excluding hydrogens is 342 g/mol. The quantitative estimate of drug-likeness (QED) is 0.299. The number of nitro groups is 1. The fourth-order valence-electron chi connectivity index (χ4n) is 2.34. The van der Waals surface area contributed by atoms with Crippen LogP contribution in [-0.2, 0) is 4.74 Å². The van der Waals surface area contributed by atoms with Crippen molar-refractivity contribution in [3.63, 3.8) is 0 Å². The standard InChI is InChI=1S/C15H17N7O4/c1-9-11(19-20-12(8-16)14(17)18)6-10(7-13(9)22(24)25)15(23)21-2-4-26-5-3-21/h6-7,19H,2-5H2,1H3,(H3,17,18)/b20-12+. The Morgan fingerprint density at radius 3 is 2.69 bits per heavy atom. The van der Waals surface area contributed by atoms with E-state index in [1.54, 1.807) is 11.0 Å². The monoisotopic (exact) mass is 359 g/mol. The smallest absolute Gasteiger partial charge is 0.275 e. The first-order valence-corrected chi connectivity index (χ1v) is 7.59. The van der Waals surface area contributed by atoms with Gasteiger partial charge in [0, 0.05) is 24.7 Å². The van der Waals surface area contributed by atoms with E-state index in [9.17, 15) is 14.9 Å². The van der Waals surface area contributed by atoms with Crippen molar-refractivity contribution in [1.29, 1.82) is 10.7 Å². The van der Waals surface area contributed by atoms with E-state index in [0.717, 1.165) is 0 Å². The number of carbonyl (C=O) groups is 1. The third kappa shape index (κ3) is 4.11. The fraction of sp³-hybridized carbons (Fsp3) is 0.333. The summed E-state index contributed by atoms with van der Waals surface area (Å²) in [5.74, 6) is -0.914. The summed E-state index contributed by atoms with van der Waals surface area (Å²) >= 11 is 0. The molecule has 1 heterocycles. The average Bonchev–Trinajstić information content (AvgIpc) is 2.63. The van der Waals surface area contributed by atoms with Gasteiger partial charge in [0.05, 0.1) is 29.4 Å². The molecule has 1 fully saturated rings. The molecule has 11 heteroatoms. The van der Waals surface area contributed by atoms with Crippen molar-refractivity contribution in [2.24, 2.45) is 10.8 Å². The Morgan fingerprint density at radius 1 is 1.50 bits per heavy atom. The Morgan fingerprint density at radius 2 is 2.15 bits per heavy atom. The molecule has 1 amide bonds. The van der Waals surface area contributed by atoms with Gasteiger partial charge in [0.2, 0.25) is 5.71 Å². The SMILES string of the molecule is Cc1c(N/N=C(\C#N)C(=N)N)cc(C(=O)N2CCOCC2)cc1[N+](=O)[O-]. The molecule has 0 bridgehead atoms. The molecule has 0 unspecified atom stereocenters. The molecule has 4 N–H and O–H groups in total. The number of nitrogens with two attached hydrogens (primary N) is 1. The van der Waals surface area contributed by atoms with E-state index in [0.29, 0.717) is 26.3 Å². The molecular formula is C15H17N7O4. The Labute approximate surface area is 148 Å². The number of benzene rings is 1. The Balaban J connectivity index is 2.42. The lowest BCUT2D eigenvalue weighted by Crippen LogP contribution is -2.40. The number of carbonyl (C=O) groups excluding carboxylic acids is 1. The minimum atomic E-state index is -0.601. The van der Waals surface area contributed by atoms with Crippen molar-refractivity contribution in [2.75, 3.05) is 31.7 Å². The van der Waals surface area contributed by atoms with Gasteiger partial charge < -0.3 is 15.4 Å². The van der Waals surface area contributed by atoms with E-state index >= 15 is 0 Å². The summed E-state index contributed by atoms with van der Waals surface area (Å²) in [5.41, 5.74) is 7.58. The van der Waals surface area contributed by atoms with E-state index in [-0.39, 0.29) is 34.1 Å². The third-order valence-corrected chi connectivity index (χ3v) is 3.77. The Kier molecular flexibility index (Phi) is 5.82. The van der Waals surface area contributed by atoms with Gasteiger partial charge in [-0.3, -0.25) is 25.7 Å². The highest BCUT2D eigenvalue weighted by atomic mass is 16.6. The molecule has 2 rings (SSSR count). The van der Waals surface area contributed by atoms with E-state index in [4.69, 9.17) is 21.1 Å². The second-order valence-corrected chi connectivity index (χ2v) is 5.43. The number of hydrazone groups is 1. The van der Waals surface area contributed by atoms with Gasteiger partial charge in [0.25, 0.3) is 11.6 Å². The summed E-state index contributed by atoms with van der Waals surface area (Å²) in [6, 6.07) is 4.25. The number of morpholine rings is 1. The van der Waals surface area contributed by atoms with Gasteiger partial charge in [-0.2, -0.15) is 10.4 Å². The number of amidine groups is 1. The zero-order valence-electron chi connectivity index (χ0n) is 14.0.